The van der Waals surface area contributed by atoms with Crippen LogP contribution in [0.4, 0.5) is 0 Å². The van der Waals surface area contributed by atoms with Crippen LogP contribution in [0.5, 0.6) is 11.5 Å². The molecule has 1 aromatic rings. The van der Waals surface area contributed by atoms with E-state index < -0.39 is 5.60 Å². The molecule has 2 aliphatic heterocycles. The van der Waals surface area contributed by atoms with Crippen molar-refractivity contribution in [3.63, 3.8) is 0 Å². The van der Waals surface area contributed by atoms with Crippen LogP contribution < -0.4 is 9.47 Å². The summed E-state index contributed by atoms with van der Waals surface area (Å²) in [5.41, 5.74) is -0.0340. The average Bonchev–Trinajstić information content (AvgIpc) is 2.36. The van der Waals surface area contributed by atoms with E-state index in [2.05, 4.69) is 0 Å². The highest BCUT2D eigenvalue weighted by Gasteiger charge is 2.47. The van der Waals surface area contributed by atoms with E-state index in [1.54, 1.807) is 25.3 Å². The summed E-state index contributed by atoms with van der Waals surface area (Å²) in [5, 5.41) is 0. The largest absolute Gasteiger partial charge is 0.497 e. The van der Waals surface area contributed by atoms with E-state index in [9.17, 15) is 4.79 Å². The van der Waals surface area contributed by atoms with Crippen LogP contribution in [-0.4, -0.2) is 30.7 Å². The third-order valence-electron chi connectivity index (χ3n) is 4.10. The Morgan fingerprint density at radius 3 is 2.80 bits per heavy atom. The van der Waals surface area contributed by atoms with Crippen LogP contribution in [0.1, 0.15) is 43.5 Å². The highest BCUT2D eigenvalue weighted by molar-refractivity contribution is 6.00. The predicted octanol–water partition coefficient (Wildman–Crippen LogP) is 2.99. The van der Waals surface area contributed by atoms with Gasteiger partial charge in [0.05, 0.1) is 31.3 Å². The van der Waals surface area contributed by atoms with Crippen molar-refractivity contribution >= 4 is 5.78 Å². The fourth-order valence-corrected chi connectivity index (χ4v) is 3.27. The molecule has 3 rings (SSSR count). The number of benzene rings is 1. The Bertz CT molecular complexity index is 549. The van der Waals surface area contributed by atoms with Gasteiger partial charge in [-0.15, -0.1) is 0 Å². The van der Waals surface area contributed by atoms with Gasteiger partial charge >= 0.3 is 0 Å². The number of hydrogen-bond acceptors (Lipinski definition) is 4. The molecule has 20 heavy (non-hydrogen) atoms. The lowest BCUT2D eigenvalue weighted by Gasteiger charge is -2.46. The van der Waals surface area contributed by atoms with Crippen LogP contribution >= 0.6 is 0 Å². The first-order valence-corrected chi connectivity index (χ1v) is 6.97. The summed E-state index contributed by atoms with van der Waals surface area (Å²) < 4.78 is 17.2. The first kappa shape index (κ1) is 13.4. The highest BCUT2D eigenvalue weighted by atomic mass is 16.5. The minimum Gasteiger partial charge on any atom is -0.497 e. The molecule has 0 aromatic heterocycles. The SMILES string of the molecule is COc1ccc2c(c1)OC1(CCOC(C)(C)C1)CC2=O. The minimum atomic E-state index is -0.432. The standard InChI is InChI=1S/C16H20O4/c1-15(2)10-16(6-7-19-15)9-13(17)12-5-4-11(18-3)8-14(12)20-16/h4-5,8H,6-7,9-10H2,1-3H3. The molecule has 1 saturated heterocycles. The summed E-state index contributed by atoms with van der Waals surface area (Å²) in [6.07, 6.45) is 1.90. The average molecular weight is 276 g/mol. The molecule has 1 atom stereocenters. The molecule has 0 bridgehead atoms. The Labute approximate surface area is 119 Å². The monoisotopic (exact) mass is 276 g/mol. The molecule has 0 aliphatic carbocycles. The Morgan fingerprint density at radius 1 is 1.30 bits per heavy atom. The zero-order valence-electron chi connectivity index (χ0n) is 12.2. The van der Waals surface area contributed by atoms with Crippen molar-refractivity contribution in [1.29, 1.82) is 0 Å². The first-order valence-electron chi connectivity index (χ1n) is 6.97. The summed E-state index contributed by atoms with van der Waals surface area (Å²) in [6, 6.07) is 5.39. The van der Waals surface area contributed by atoms with Crippen molar-refractivity contribution in [3.05, 3.63) is 23.8 Å². The maximum atomic E-state index is 12.4. The summed E-state index contributed by atoms with van der Waals surface area (Å²) in [5.74, 6) is 1.49. The number of carbonyl (C=O) groups is 1. The van der Waals surface area contributed by atoms with Crippen molar-refractivity contribution in [3.8, 4) is 11.5 Å². The fourth-order valence-electron chi connectivity index (χ4n) is 3.27. The van der Waals surface area contributed by atoms with Gasteiger partial charge in [-0.2, -0.15) is 0 Å². The van der Waals surface area contributed by atoms with E-state index in [1.165, 1.54) is 0 Å². The van der Waals surface area contributed by atoms with Crippen LogP contribution in [0.25, 0.3) is 0 Å². The maximum Gasteiger partial charge on any atom is 0.170 e. The predicted molar refractivity (Wildman–Crippen MR) is 74.6 cm³/mol. The lowest BCUT2D eigenvalue weighted by Crippen LogP contribution is -2.52. The molecule has 0 saturated carbocycles. The van der Waals surface area contributed by atoms with Crippen molar-refractivity contribution in [1.82, 2.24) is 0 Å². The van der Waals surface area contributed by atoms with E-state index in [0.29, 0.717) is 30.1 Å². The topological polar surface area (TPSA) is 44.8 Å². The van der Waals surface area contributed by atoms with Gasteiger partial charge in [0.15, 0.2) is 5.78 Å². The molecule has 2 heterocycles. The summed E-state index contributed by atoms with van der Waals surface area (Å²) >= 11 is 0. The van der Waals surface area contributed by atoms with Gasteiger partial charge in [-0.05, 0) is 26.0 Å². The van der Waals surface area contributed by atoms with Gasteiger partial charge in [-0.25, -0.2) is 0 Å². The number of fused-ring (bicyclic) bond motifs is 1. The lowest BCUT2D eigenvalue weighted by atomic mass is 9.78. The summed E-state index contributed by atoms with van der Waals surface area (Å²) in [7, 11) is 1.61. The molecule has 0 radical (unpaired) electrons. The van der Waals surface area contributed by atoms with Crippen LogP contribution in [0.2, 0.25) is 0 Å². The number of carbonyl (C=O) groups excluding carboxylic acids is 1. The van der Waals surface area contributed by atoms with Crippen LogP contribution in [-0.2, 0) is 4.74 Å². The molecular formula is C16H20O4. The van der Waals surface area contributed by atoms with E-state index in [-0.39, 0.29) is 11.4 Å². The van der Waals surface area contributed by atoms with Crippen LogP contribution in [0.15, 0.2) is 18.2 Å². The van der Waals surface area contributed by atoms with E-state index in [0.717, 1.165) is 12.8 Å². The second-order valence-electron chi connectivity index (χ2n) is 6.28. The fraction of sp³-hybridized carbons (Fsp3) is 0.562. The third kappa shape index (κ3) is 2.29. The number of hydrogen-bond donors (Lipinski definition) is 0. The maximum absolute atomic E-state index is 12.4. The van der Waals surface area contributed by atoms with Crippen molar-refractivity contribution < 1.29 is 19.0 Å². The lowest BCUT2D eigenvalue weighted by molar-refractivity contribution is -0.134. The number of rotatable bonds is 1. The minimum absolute atomic E-state index is 0.145. The normalized spacial score (nSPS) is 27.9. The third-order valence-corrected chi connectivity index (χ3v) is 4.10. The van der Waals surface area contributed by atoms with Gasteiger partial charge in [-0.3, -0.25) is 4.79 Å². The second kappa shape index (κ2) is 4.48. The molecule has 0 amide bonds. The molecular weight excluding hydrogens is 256 g/mol. The molecule has 4 heteroatoms. The molecule has 1 spiro atoms. The first-order chi connectivity index (χ1) is 9.43. The zero-order chi connectivity index (χ0) is 14.4. The van der Waals surface area contributed by atoms with Gasteiger partial charge in [-0.1, -0.05) is 0 Å². The Morgan fingerprint density at radius 2 is 2.10 bits per heavy atom. The number of ketones is 1. The summed E-state index contributed by atoms with van der Waals surface area (Å²) in [6.45, 7) is 4.71. The molecule has 108 valence electrons. The quantitative estimate of drug-likeness (QED) is 0.791. The Kier molecular flexibility index (Phi) is 3.01. The Balaban J connectivity index is 1.96. The van der Waals surface area contributed by atoms with Crippen LogP contribution in [0.3, 0.4) is 0 Å². The highest BCUT2D eigenvalue weighted by Crippen LogP contribution is 2.44. The zero-order valence-corrected chi connectivity index (χ0v) is 12.2. The molecule has 1 unspecified atom stereocenters. The summed E-state index contributed by atoms with van der Waals surface area (Å²) in [4.78, 5) is 12.4. The van der Waals surface area contributed by atoms with Crippen molar-refractivity contribution in [2.45, 2.75) is 44.3 Å². The molecule has 0 N–H and O–H groups in total. The molecule has 2 aliphatic rings. The smallest absolute Gasteiger partial charge is 0.170 e. The van der Waals surface area contributed by atoms with Gasteiger partial charge in [0, 0.05) is 18.9 Å². The van der Waals surface area contributed by atoms with Gasteiger partial charge in [0.2, 0.25) is 0 Å². The van der Waals surface area contributed by atoms with Gasteiger partial charge in [0.25, 0.3) is 0 Å². The van der Waals surface area contributed by atoms with Crippen molar-refractivity contribution in [2.24, 2.45) is 0 Å². The van der Waals surface area contributed by atoms with Gasteiger partial charge in [0.1, 0.15) is 17.1 Å². The van der Waals surface area contributed by atoms with Crippen molar-refractivity contribution in [2.75, 3.05) is 13.7 Å². The number of ether oxygens (including phenoxy) is 3. The van der Waals surface area contributed by atoms with Gasteiger partial charge < -0.3 is 14.2 Å². The molecule has 1 aromatic carbocycles. The van der Waals surface area contributed by atoms with E-state index in [1.807, 2.05) is 13.8 Å². The van der Waals surface area contributed by atoms with E-state index >= 15 is 0 Å². The van der Waals surface area contributed by atoms with E-state index in [4.69, 9.17) is 14.2 Å². The number of Topliss-reactive ketones (excluding diaryl/α,β-unsaturated/α-hetero) is 1. The van der Waals surface area contributed by atoms with Crippen LogP contribution in [0, 0.1) is 0 Å². The molecule has 1 fully saturated rings. The molecule has 4 nitrogen and oxygen atoms in total. The Hall–Kier alpha value is -1.55. The number of methoxy groups -OCH3 is 1. The second-order valence-corrected chi connectivity index (χ2v) is 6.28.